The number of carbonyl (C=O) groups is 1. The second-order valence-corrected chi connectivity index (χ2v) is 4.94. The number of carbonyl (C=O) groups excluding carboxylic acids is 1. The molecular formula is C12H13BrClF2NO. The molecule has 0 unspecified atom stereocenters. The van der Waals surface area contributed by atoms with Crippen LogP contribution in [-0.4, -0.2) is 36.2 Å². The zero-order valence-corrected chi connectivity index (χ0v) is 12.1. The van der Waals surface area contributed by atoms with Crippen molar-refractivity contribution in [3.8, 4) is 0 Å². The van der Waals surface area contributed by atoms with Crippen LogP contribution in [0.1, 0.15) is 15.9 Å². The Balaban J connectivity index is 2.98. The molecule has 0 aliphatic heterocycles. The topological polar surface area (TPSA) is 20.3 Å². The third-order valence-corrected chi connectivity index (χ3v) is 3.64. The Morgan fingerprint density at radius 2 is 2.17 bits per heavy atom. The summed E-state index contributed by atoms with van der Waals surface area (Å²) in [6.45, 7) is 1.33. The number of aryl methyl sites for hydroxylation is 1. The molecule has 1 rings (SSSR count). The van der Waals surface area contributed by atoms with Crippen LogP contribution in [0.15, 0.2) is 22.7 Å². The zero-order chi connectivity index (χ0) is 13.7. The number of hydrogen-bond donors (Lipinski definition) is 0. The van der Waals surface area contributed by atoms with Crippen LogP contribution in [-0.2, 0) is 0 Å². The molecule has 0 radical (unpaired) electrons. The van der Waals surface area contributed by atoms with Crippen LogP contribution in [0.4, 0.5) is 8.78 Å². The predicted octanol–water partition coefficient (Wildman–Crippen LogP) is 3.70. The van der Waals surface area contributed by atoms with Gasteiger partial charge in [-0.2, -0.15) is 0 Å². The fraction of sp³-hybridized carbons (Fsp3) is 0.417. The summed E-state index contributed by atoms with van der Waals surface area (Å²) >= 11 is 8.83. The number of nitrogens with zero attached hydrogens (tertiary/aromatic N) is 1. The second kappa shape index (κ2) is 7.04. The van der Waals surface area contributed by atoms with E-state index in [1.807, 2.05) is 13.0 Å². The summed E-state index contributed by atoms with van der Waals surface area (Å²) in [5, 5.41) is 0. The standard InChI is InChI=1S/C12H13BrClF2NO/c1-8-3-2-4-9(11(8)13)12(18)17(6-5-14)7-10(15)16/h2-4,10H,5-7H2,1H3. The van der Waals surface area contributed by atoms with Crippen molar-refractivity contribution >= 4 is 33.4 Å². The van der Waals surface area contributed by atoms with Gasteiger partial charge in [-0.1, -0.05) is 12.1 Å². The third-order valence-electron chi connectivity index (χ3n) is 2.42. The Hall–Kier alpha value is -0.680. The maximum Gasteiger partial charge on any atom is 0.255 e. The van der Waals surface area contributed by atoms with E-state index in [9.17, 15) is 13.6 Å². The first-order valence-corrected chi connectivity index (χ1v) is 6.68. The largest absolute Gasteiger partial charge is 0.332 e. The van der Waals surface area contributed by atoms with E-state index in [0.717, 1.165) is 10.5 Å². The summed E-state index contributed by atoms with van der Waals surface area (Å²) in [6.07, 6.45) is -2.57. The third kappa shape index (κ3) is 3.92. The highest BCUT2D eigenvalue weighted by Gasteiger charge is 2.21. The molecule has 0 bridgehead atoms. The van der Waals surface area contributed by atoms with Crippen molar-refractivity contribution in [1.29, 1.82) is 0 Å². The molecule has 100 valence electrons. The summed E-state index contributed by atoms with van der Waals surface area (Å²) in [4.78, 5) is 13.2. The van der Waals surface area contributed by atoms with Gasteiger partial charge in [0.15, 0.2) is 0 Å². The van der Waals surface area contributed by atoms with E-state index >= 15 is 0 Å². The van der Waals surface area contributed by atoms with E-state index in [2.05, 4.69) is 15.9 Å². The van der Waals surface area contributed by atoms with Crippen LogP contribution in [0.25, 0.3) is 0 Å². The molecule has 0 saturated heterocycles. The van der Waals surface area contributed by atoms with Crippen molar-refractivity contribution in [2.45, 2.75) is 13.3 Å². The number of alkyl halides is 3. The first-order chi connectivity index (χ1) is 8.47. The minimum atomic E-state index is -2.57. The van der Waals surface area contributed by atoms with Gasteiger partial charge in [-0.25, -0.2) is 8.78 Å². The summed E-state index contributed by atoms with van der Waals surface area (Å²) in [5.74, 6) is -0.312. The van der Waals surface area contributed by atoms with Crippen molar-refractivity contribution < 1.29 is 13.6 Å². The smallest absolute Gasteiger partial charge is 0.255 e. The van der Waals surface area contributed by atoms with Crippen LogP contribution in [0.2, 0.25) is 0 Å². The summed E-state index contributed by atoms with van der Waals surface area (Å²) in [7, 11) is 0. The number of hydrogen-bond acceptors (Lipinski definition) is 1. The van der Waals surface area contributed by atoms with Gasteiger partial charge in [-0.3, -0.25) is 4.79 Å². The summed E-state index contributed by atoms with van der Waals surface area (Å²) < 4.78 is 25.5. The number of amides is 1. The maximum atomic E-state index is 12.4. The van der Waals surface area contributed by atoms with Gasteiger partial charge >= 0.3 is 0 Å². The molecular weight excluding hydrogens is 327 g/mol. The lowest BCUT2D eigenvalue weighted by Crippen LogP contribution is -2.36. The van der Waals surface area contributed by atoms with Crippen LogP contribution >= 0.6 is 27.5 Å². The molecule has 0 atom stereocenters. The van der Waals surface area contributed by atoms with Crippen LogP contribution < -0.4 is 0 Å². The molecule has 0 N–H and O–H groups in total. The maximum absolute atomic E-state index is 12.4. The highest BCUT2D eigenvalue weighted by atomic mass is 79.9. The molecule has 0 spiro atoms. The van der Waals surface area contributed by atoms with Crippen LogP contribution in [0.3, 0.4) is 0 Å². The normalized spacial score (nSPS) is 10.8. The van der Waals surface area contributed by atoms with Gasteiger partial charge in [0.05, 0.1) is 12.1 Å². The molecule has 2 nitrogen and oxygen atoms in total. The quantitative estimate of drug-likeness (QED) is 0.748. The van der Waals surface area contributed by atoms with Crippen molar-refractivity contribution in [2.75, 3.05) is 19.0 Å². The lowest BCUT2D eigenvalue weighted by atomic mass is 10.1. The van der Waals surface area contributed by atoms with E-state index < -0.39 is 18.9 Å². The molecule has 1 aromatic rings. The molecule has 0 heterocycles. The van der Waals surface area contributed by atoms with Gasteiger partial charge in [0.1, 0.15) is 0 Å². The van der Waals surface area contributed by atoms with Gasteiger partial charge < -0.3 is 4.90 Å². The van der Waals surface area contributed by atoms with Crippen LogP contribution in [0.5, 0.6) is 0 Å². The molecule has 6 heteroatoms. The van der Waals surface area contributed by atoms with E-state index in [1.165, 1.54) is 0 Å². The lowest BCUT2D eigenvalue weighted by molar-refractivity contribution is 0.0570. The molecule has 0 aromatic heterocycles. The van der Waals surface area contributed by atoms with Crippen molar-refractivity contribution in [2.24, 2.45) is 0 Å². The Kier molecular flexibility index (Phi) is 6.02. The molecule has 18 heavy (non-hydrogen) atoms. The average molecular weight is 341 g/mol. The monoisotopic (exact) mass is 339 g/mol. The first-order valence-electron chi connectivity index (χ1n) is 5.36. The Morgan fingerprint density at radius 3 is 2.72 bits per heavy atom. The number of benzene rings is 1. The number of rotatable bonds is 5. The second-order valence-electron chi connectivity index (χ2n) is 3.77. The number of halogens is 4. The van der Waals surface area contributed by atoms with Gasteiger partial charge in [-0.15, -0.1) is 11.6 Å². The Morgan fingerprint density at radius 1 is 1.50 bits per heavy atom. The van der Waals surface area contributed by atoms with Gasteiger partial charge in [0.25, 0.3) is 12.3 Å². The minimum Gasteiger partial charge on any atom is -0.332 e. The highest BCUT2D eigenvalue weighted by molar-refractivity contribution is 9.10. The molecule has 1 amide bonds. The van der Waals surface area contributed by atoms with Crippen LogP contribution in [0, 0.1) is 6.92 Å². The fourth-order valence-corrected chi connectivity index (χ4v) is 2.17. The first kappa shape index (κ1) is 15.4. The van der Waals surface area contributed by atoms with Crippen molar-refractivity contribution in [3.05, 3.63) is 33.8 Å². The highest BCUT2D eigenvalue weighted by Crippen LogP contribution is 2.22. The SMILES string of the molecule is Cc1cccc(C(=O)N(CCCl)CC(F)F)c1Br. The van der Waals surface area contributed by atoms with Gasteiger partial charge in [-0.05, 0) is 34.5 Å². The van der Waals surface area contributed by atoms with E-state index in [1.54, 1.807) is 12.1 Å². The van der Waals surface area contributed by atoms with E-state index in [0.29, 0.717) is 10.0 Å². The van der Waals surface area contributed by atoms with E-state index in [-0.39, 0.29) is 12.4 Å². The van der Waals surface area contributed by atoms with E-state index in [4.69, 9.17) is 11.6 Å². The van der Waals surface area contributed by atoms with Gasteiger partial charge in [0.2, 0.25) is 0 Å². The lowest BCUT2D eigenvalue weighted by Gasteiger charge is -2.22. The molecule has 0 aliphatic rings. The molecule has 0 fully saturated rings. The fourth-order valence-electron chi connectivity index (χ4n) is 1.53. The minimum absolute atomic E-state index is 0.102. The molecule has 1 aromatic carbocycles. The molecule has 0 aliphatic carbocycles. The van der Waals surface area contributed by atoms with Crippen molar-refractivity contribution in [1.82, 2.24) is 4.90 Å². The van der Waals surface area contributed by atoms with Gasteiger partial charge in [0, 0.05) is 16.9 Å². The molecule has 0 saturated carbocycles. The average Bonchev–Trinajstić information content (AvgIpc) is 2.31. The van der Waals surface area contributed by atoms with Crippen molar-refractivity contribution in [3.63, 3.8) is 0 Å². The Labute approximate surface area is 118 Å². The predicted molar refractivity (Wildman–Crippen MR) is 71.5 cm³/mol. The Bertz CT molecular complexity index is 429. The zero-order valence-electron chi connectivity index (χ0n) is 9.80. The summed E-state index contributed by atoms with van der Waals surface area (Å²) in [6, 6.07) is 5.15. The summed E-state index contributed by atoms with van der Waals surface area (Å²) in [5.41, 5.74) is 1.25.